The van der Waals surface area contributed by atoms with E-state index in [0.717, 1.165) is 45.3 Å². The van der Waals surface area contributed by atoms with Crippen LogP contribution in [0.25, 0.3) is 0 Å². The molecule has 0 spiro atoms. The van der Waals surface area contributed by atoms with Gasteiger partial charge in [0, 0.05) is 13.2 Å². The van der Waals surface area contributed by atoms with Gasteiger partial charge in [0.15, 0.2) is 0 Å². The van der Waals surface area contributed by atoms with Gasteiger partial charge in [-0.25, -0.2) is 0 Å². The van der Waals surface area contributed by atoms with Crippen molar-refractivity contribution >= 4 is 5.97 Å². The van der Waals surface area contributed by atoms with Gasteiger partial charge in [-0.05, 0) is 37.5 Å². The van der Waals surface area contributed by atoms with Gasteiger partial charge in [-0.2, -0.15) is 0 Å². The Balaban J connectivity index is 1.86. The minimum Gasteiger partial charge on any atom is -0.481 e. The van der Waals surface area contributed by atoms with E-state index in [1.54, 1.807) is 0 Å². The van der Waals surface area contributed by atoms with Gasteiger partial charge in [0.2, 0.25) is 0 Å². The minimum absolute atomic E-state index is 0.0735. The molecule has 2 fully saturated rings. The number of carboxylic acids is 1. The topological polar surface area (TPSA) is 46.5 Å². The number of aliphatic carboxylic acids is 1. The molecule has 2 aliphatic rings. The van der Waals surface area contributed by atoms with Crippen LogP contribution in [0.3, 0.4) is 0 Å². The van der Waals surface area contributed by atoms with Gasteiger partial charge in [0.25, 0.3) is 0 Å². The molecule has 1 saturated carbocycles. The molecule has 0 aromatic carbocycles. The van der Waals surface area contributed by atoms with E-state index in [4.69, 9.17) is 9.84 Å². The Labute approximate surface area is 84.4 Å². The van der Waals surface area contributed by atoms with E-state index in [1.165, 1.54) is 0 Å². The maximum absolute atomic E-state index is 11.0. The molecule has 80 valence electrons. The van der Waals surface area contributed by atoms with Crippen LogP contribution < -0.4 is 0 Å². The van der Waals surface area contributed by atoms with Crippen LogP contribution in [0.15, 0.2) is 0 Å². The first-order chi connectivity index (χ1) is 6.77. The van der Waals surface area contributed by atoms with Crippen molar-refractivity contribution in [1.29, 1.82) is 0 Å². The summed E-state index contributed by atoms with van der Waals surface area (Å²) in [6.45, 7) is 1.72. The molecule has 1 heterocycles. The molecule has 1 N–H and O–H groups in total. The van der Waals surface area contributed by atoms with Crippen LogP contribution >= 0.6 is 0 Å². The molecule has 3 nitrogen and oxygen atoms in total. The van der Waals surface area contributed by atoms with Crippen molar-refractivity contribution in [2.45, 2.75) is 32.1 Å². The summed E-state index contributed by atoms with van der Waals surface area (Å²) in [6.07, 6.45) is 5.27. The van der Waals surface area contributed by atoms with Crippen LogP contribution in [0.4, 0.5) is 0 Å². The summed E-state index contributed by atoms with van der Waals surface area (Å²) in [7, 11) is 0. The molecule has 0 amide bonds. The predicted molar refractivity (Wildman–Crippen MR) is 52.0 cm³/mol. The van der Waals surface area contributed by atoms with Crippen molar-refractivity contribution in [1.82, 2.24) is 0 Å². The molecule has 1 aliphatic carbocycles. The Morgan fingerprint density at radius 1 is 1.36 bits per heavy atom. The van der Waals surface area contributed by atoms with Crippen LogP contribution in [0.1, 0.15) is 32.1 Å². The minimum atomic E-state index is -0.591. The van der Waals surface area contributed by atoms with E-state index >= 15 is 0 Å². The predicted octanol–water partition coefficient (Wildman–Crippen LogP) is 1.91. The fourth-order valence-corrected chi connectivity index (χ4v) is 2.84. The third-order valence-electron chi connectivity index (χ3n) is 3.64. The molecule has 0 aromatic rings. The smallest absolute Gasteiger partial charge is 0.306 e. The number of hydrogen-bond donors (Lipinski definition) is 1. The molecule has 2 rings (SSSR count). The summed E-state index contributed by atoms with van der Waals surface area (Å²) in [5.41, 5.74) is 0. The van der Waals surface area contributed by atoms with Gasteiger partial charge in [-0.3, -0.25) is 4.79 Å². The van der Waals surface area contributed by atoms with Gasteiger partial charge in [-0.1, -0.05) is 6.42 Å². The number of hydrogen-bond acceptors (Lipinski definition) is 2. The lowest BCUT2D eigenvalue weighted by atomic mass is 9.86. The van der Waals surface area contributed by atoms with Crippen molar-refractivity contribution in [2.75, 3.05) is 13.2 Å². The molecular formula is C11H18O3. The molecule has 0 bridgehead atoms. The Kier molecular flexibility index (Phi) is 3.06. The third-order valence-corrected chi connectivity index (χ3v) is 3.64. The summed E-state index contributed by atoms with van der Waals surface area (Å²) in [6, 6.07) is 0. The lowest BCUT2D eigenvalue weighted by Crippen LogP contribution is -2.20. The van der Waals surface area contributed by atoms with Crippen LogP contribution in [0.5, 0.6) is 0 Å². The number of rotatable bonds is 3. The average molecular weight is 198 g/mol. The maximum atomic E-state index is 11.0. The zero-order chi connectivity index (χ0) is 9.97. The Bertz CT molecular complexity index is 209. The summed E-state index contributed by atoms with van der Waals surface area (Å²) in [5.74, 6) is 0.376. The number of carboxylic acid groups (broad SMARTS) is 1. The molecule has 0 radical (unpaired) electrons. The largest absolute Gasteiger partial charge is 0.481 e. The molecule has 14 heavy (non-hydrogen) atoms. The quantitative estimate of drug-likeness (QED) is 0.753. The van der Waals surface area contributed by atoms with Crippen LogP contribution in [0.2, 0.25) is 0 Å². The molecule has 1 saturated heterocycles. The second-order valence-electron chi connectivity index (χ2n) is 4.60. The second kappa shape index (κ2) is 4.30. The first-order valence-corrected chi connectivity index (χ1v) is 5.58. The van der Waals surface area contributed by atoms with Crippen LogP contribution in [-0.2, 0) is 9.53 Å². The van der Waals surface area contributed by atoms with Crippen molar-refractivity contribution in [2.24, 2.45) is 17.8 Å². The molecule has 1 aliphatic heterocycles. The van der Waals surface area contributed by atoms with Crippen molar-refractivity contribution in [3.63, 3.8) is 0 Å². The van der Waals surface area contributed by atoms with E-state index in [1.807, 2.05) is 0 Å². The fraction of sp³-hybridized carbons (Fsp3) is 0.909. The van der Waals surface area contributed by atoms with E-state index in [-0.39, 0.29) is 5.92 Å². The highest BCUT2D eigenvalue weighted by Gasteiger charge is 2.34. The SMILES string of the molecule is O=C(O)C1CCCC1CC1CCOC1. The van der Waals surface area contributed by atoms with Crippen molar-refractivity contribution < 1.29 is 14.6 Å². The van der Waals surface area contributed by atoms with Crippen LogP contribution in [-0.4, -0.2) is 24.3 Å². The Morgan fingerprint density at radius 3 is 2.86 bits per heavy atom. The van der Waals surface area contributed by atoms with Gasteiger partial charge in [0.1, 0.15) is 0 Å². The third kappa shape index (κ3) is 2.08. The molecular weight excluding hydrogens is 180 g/mol. The fourth-order valence-electron chi connectivity index (χ4n) is 2.84. The first-order valence-electron chi connectivity index (χ1n) is 5.58. The maximum Gasteiger partial charge on any atom is 0.306 e. The summed E-state index contributed by atoms with van der Waals surface area (Å²) >= 11 is 0. The van der Waals surface area contributed by atoms with E-state index in [2.05, 4.69) is 0 Å². The molecule has 3 unspecified atom stereocenters. The monoisotopic (exact) mass is 198 g/mol. The summed E-state index contributed by atoms with van der Waals surface area (Å²) in [4.78, 5) is 11.0. The zero-order valence-corrected chi connectivity index (χ0v) is 8.45. The van der Waals surface area contributed by atoms with E-state index in [9.17, 15) is 4.79 Å². The average Bonchev–Trinajstić information content (AvgIpc) is 2.75. The summed E-state index contributed by atoms with van der Waals surface area (Å²) < 4.78 is 5.32. The van der Waals surface area contributed by atoms with Crippen LogP contribution in [0, 0.1) is 17.8 Å². The highest BCUT2D eigenvalue weighted by molar-refractivity contribution is 5.70. The van der Waals surface area contributed by atoms with E-state index in [0.29, 0.717) is 11.8 Å². The molecule has 3 atom stereocenters. The van der Waals surface area contributed by atoms with Gasteiger partial charge >= 0.3 is 5.97 Å². The normalized spacial score (nSPS) is 37.6. The van der Waals surface area contributed by atoms with E-state index < -0.39 is 5.97 Å². The Morgan fingerprint density at radius 2 is 2.21 bits per heavy atom. The second-order valence-corrected chi connectivity index (χ2v) is 4.60. The standard InChI is InChI=1S/C11H18O3/c12-11(13)10-3-1-2-9(10)6-8-4-5-14-7-8/h8-10H,1-7H2,(H,12,13). The number of ether oxygens (including phenoxy) is 1. The lowest BCUT2D eigenvalue weighted by Gasteiger charge is -2.18. The lowest BCUT2D eigenvalue weighted by molar-refractivity contribution is -0.143. The first kappa shape index (κ1) is 9.97. The highest BCUT2D eigenvalue weighted by Crippen LogP contribution is 2.37. The summed E-state index contributed by atoms with van der Waals surface area (Å²) in [5, 5.41) is 9.03. The van der Waals surface area contributed by atoms with Gasteiger partial charge in [0.05, 0.1) is 5.92 Å². The van der Waals surface area contributed by atoms with Gasteiger partial charge < -0.3 is 9.84 Å². The highest BCUT2D eigenvalue weighted by atomic mass is 16.5. The van der Waals surface area contributed by atoms with Crippen molar-refractivity contribution in [3.8, 4) is 0 Å². The Hall–Kier alpha value is -0.570. The van der Waals surface area contributed by atoms with Crippen molar-refractivity contribution in [3.05, 3.63) is 0 Å². The molecule has 0 aromatic heterocycles. The molecule has 3 heteroatoms. The zero-order valence-electron chi connectivity index (χ0n) is 8.45. The van der Waals surface area contributed by atoms with Gasteiger partial charge in [-0.15, -0.1) is 0 Å². The number of carbonyl (C=O) groups is 1.